The van der Waals surface area contributed by atoms with E-state index in [4.69, 9.17) is 4.74 Å². The van der Waals surface area contributed by atoms with Crippen molar-refractivity contribution >= 4 is 24.0 Å². The van der Waals surface area contributed by atoms with E-state index in [1.165, 1.54) is 12.8 Å². The van der Waals surface area contributed by atoms with Gasteiger partial charge in [0.05, 0.1) is 19.3 Å². The van der Waals surface area contributed by atoms with Gasteiger partial charge in [-0.3, -0.25) is 9.48 Å². The monoisotopic (exact) mass is 495 g/mol. The van der Waals surface area contributed by atoms with Crippen molar-refractivity contribution in [1.29, 1.82) is 0 Å². The SMILES string of the molecule is COc1ccc([C@@H](C)NC(=O)c2cc(N3C[C@H]4CC[C@@H](C3)N4)ccc2C)cc1-c1cnn(C)c1.Cl. The average molecular weight is 496 g/mol. The minimum Gasteiger partial charge on any atom is -0.496 e. The number of aryl methyl sites for hydroxylation is 2. The molecule has 2 aliphatic rings. The fourth-order valence-electron chi connectivity index (χ4n) is 5.20. The fourth-order valence-corrected chi connectivity index (χ4v) is 5.20. The third-order valence-corrected chi connectivity index (χ3v) is 7.13. The Hall–Kier alpha value is -3.03. The zero-order chi connectivity index (χ0) is 23.8. The van der Waals surface area contributed by atoms with Gasteiger partial charge in [-0.05, 0) is 62.1 Å². The van der Waals surface area contributed by atoms with Crippen LogP contribution in [0.15, 0.2) is 48.8 Å². The van der Waals surface area contributed by atoms with Crippen LogP contribution in [0.4, 0.5) is 5.69 Å². The van der Waals surface area contributed by atoms with Crippen LogP contribution in [0.5, 0.6) is 5.75 Å². The molecule has 2 bridgehead atoms. The number of rotatable bonds is 6. The number of carbonyl (C=O) groups excluding carboxylic acids is 1. The van der Waals surface area contributed by atoms with Crippen molar-refractivity contribution in [3.05, 3.63) is 65.5 Å². The molecule has 0 radical (unpaired) electrons. The maximum atomic E-state index is 13.3. The fraction of sp³-hybridized carbons (Fsp3) is 0.407. The lowest BCUT2D eigenvalue weighted by molar-refractivity contribution is 0.0939. The molecule has 0 unspecified atom stereocenters. The van der Waals surface area contributed by atoms with Crippen LogP contribution < -0.4 is 20.3 Å². The number of piperazine rings is 1. The van der Waals surface area contributed by atoms with E-state index in [-0.39, 0.29) is 24.4 Å². The first kappa shape index (κ1) is 25.1. The van der Waals surface area contributed by atoms with Gasteiger partial charge in [0.25, 0.3) is 5.91 Å². The third-order valence-electron chi connectivity index (χ3n) is 7.13. The highest BCUT2D eigenvalue weighted by Crippen LogP contribution is 2.33. The Morgan fingerprint density at radius 2 is 1.91 bits per heavy atom. The molecular formula is C27H34ClN5O2. The summed E-state index contributed by atoms with van der Waals surface area (Å²) in [7, 11) is 3.56. The van der Waals surface area contributed by atoms with Crippen LogP contribution in [0.2, 0.25) is 0 Å². The Bertz CT molecular complexity index is 1200. The Labute approximate surface area is 213 Å². The first-order valence-electron chi connectivity index (χ1n) is 12.0. The minimum absolute atomic E-state index is 0. The maximum absolute atomic E-state index is 13.3. The van der Waals surface area contributed by atoms with Crippen molar-refractivity contribution in [2.45, 2.75) is 44.8 Å². The van der Waals surface area contributed by atoms with Gasteiger partial charge in [-0.1, -0.05) is 12.1 Å². The van der Waals surface area contributed by atoms with Gasteiger partial charge in [0, 0.05) is 60.8 Å². The summed E-state index contributed by atoms with van der Waals surface area (Å²) in [4.78, 5) is 15.7. The Kier molecular flexibility index (Phi) is 7.38. The van der Waals surface area contributed by atoms with E-state index >= 15 is 0 Å². The smallest absolute Gasteiger partial charge is 0.252 e. The van der Waals surface area contributed by atoms with Gasteiger partial charge < -0.3 is 20.3 Å². The van der Waals surface area contributed by atoms with Crippen LogP contribution >= 0.6 is 12.4 Å². The van der Waals surface area contributed by atoms with E-state index in [1.807, 2.05) is 45.4 Å². The highest BCUT2D eigenvalue weighted by Gasteiger charge is 2.32. The summed E-state index contributed by atoms with van der Waals surface area (Å²) < 4.78 is 7.34. The number of anilines is 1. The quantitative estimate of drug-likeness (QED) is 0.534. The van der Waals surface area contributed by atoms with Gasteiger partial charge >= 0.3 is 0 Å². The molecule has 5 rings (SSSR count). The number of halogens is 1. The lowest BCUT2D eigenvalue weighted by Gasteiger charge is -2.35. The Balaban J connectivity index is 0.00000289. The largest absolute Gasteiger partial charge is 0.496 e. The molecule has 1 amide bonds. The highest BCUT2D eigenvalue weighted by atomic mass is 35.5. The second kappa shape index (κ2) is 10.3. The van der Waals surface area contributed by atoms with Crippen LogP contribution in [0.3, 0.4) is 0 Å². The van der Waals surface area contributed by atoms with E-state index in [2.05, 4.69) is 44.9 Å². The molecule has 3 atom stereocenters. The number of amides is 1. The molecule has 2 N–H and O–H groups in total. The summed E-state index contributed by atoms with van der Waals surface area (Å²) in [5, 5.41) is 11.2. The van der Waals surface area contributed by atoms with Gasteiger partial charge in [0.2, 0.25) is 0 Å². The van der Waals surface area contributed by atoms with Crippen LogP contribution in [-0.2, 0) is 7.05 Å². The van der Waals surface area contributed by atoms with E-state index in [0.717, 1.165) is 52.3 Å². The molecule has 2 aromatic carbocycles. The molecule has 3 heterocycles. The molecule has 1 aromatic heterocycles. The van der Waals surface area contributed by atoms with Crippen molar-refractivity contribution in [3.63, 3.8) is 0 Å². The predicted molar refractivity (Wildman–Crippen MR) is 142 cm³/mol. The number of methoxy groups -OCH3 is 1. The van der Waals surface area contributed by atoms with Crippen molar-refractivity contribution in [1.82, 2.24) is 20.4 Å². The normalized spacial score (nSPS) is 19.7. The number of nitrogens with zero attached hydrogens (tertiary/aromatic N) is 3. The van der Waals surface area contributed by atoms with Crippen LogP contribution in [-0.4, -0.2) is 48.0 Å². The number of benzene rings is 2. The summed E-state index contributed by atoms with van der Waals surface area (Å²) >= 11 is 0. The topological polar surface area (TPSA) is 71.4 Å². The number of fused-ring (bicyclic) bond motifs is 2. The molecule has 8 heteroatoms. The summed E-state index contributed by atoms with van der Waals surface area (Å²) in [6.45, 7) is 6.01. The summed E-state index contributed by atoms with van der Waals surface area (Å²) in [6.07, 6.45) is 6.26. The van der Waals surface area contributed by atoms with Crippen molar-refractivity contribution in [2.24, 2.45) is 7.05 Å². The van der Waals surface area contributed by atoms with E-state index in [9.17, 15) is 4.79 Å². The first-order valence-corrected chi connectivity index (χ1v) is 12.0. The molecule has 2 aliphatic heterocycles. The second-order valence-electron chi connectivity index (χ2n) is 9.60. The number of hydrogen-bond donors (Lipinski definition) is 2. The molecule has 186 valence electrons. The van der Waals surface area contributed by atoms with E-state index in [1.54, 1.807) is 11.8 Å². The lowest BCUT2D eigenvalue weighted by atomic mass is 10.00. The van der Waals surface area contributed by atoms with Gasteiger partial charge in [-0.2, -0.15) is 5.10 Å². The number of hydrogen-bond acceptors (Lipinski definition) is 5. The molecule has 0 saturated carbocycles. The van der Waals surface area contributed by atoms with Gasteiger partial charge in [-0.25, -0.2) is 0 Å². The minimum atomic E-state index is -0.160. The van der Waals surface area contributed by atoms with Crippen LogP contribution in [0.25, 0.3) is 11.1 Å². The van der Waals surface area contributed by atoms with E-state index < -0.39 is 0 Å². The Morgan fingerprint density at radius 3 is 2.57 bits per heavy atom. The molecule has 0 aliphatic carbocycles. The number of nitrogens with one attached hydrogen (secondary N) is 2. The number of ether oxygens (including phenoxy) is 1. The molecule has 35 heavy (non-hydrogen) atoms. The van der Waals surface area contributed by atoms with Crippen LogP contribution in [0, 0.1) is 6.92 Å². The van der Waals surface area contributed by atoms with Gasteiger partial charge in [0.1, 0.15) is 5.75 Å². The highest BCUT2D eigenvalue weighted by molar-refractivity contribution is 5.97. The van der Waals surface area contributed by atoms with Crippen molar-refractivity contribution < 1.29 is 9.53 Å². The molecule has 2 saturated heterocycles. The zero-order valence-electron chi connectivity index (χ0n) is 20.7. The summed E-state index contributed by atoms with van der Waals surface area (Å²) in [5.41, 5.74) is 5.80. The van der Waals surface area contributed by atoms with E-state index in [0.29, 0.717) is 12.1 Å². The van der Waals surface area contributed by atoms with Crippen molar-refractivity contribution in [2.75, 3.05) is 25.1 Å². The van der Waals surface area contributed by atoms with Crippen LogP contribution in [0.1, 0.15) is 47.3 Å². The third kappa shape index (κ3) is 5.16. The van der Waals surface area contributed by atoms with Gasteiger partial charge in [0.15, 0.2) is 0 Å². The lowest BCUT2D eigenvalue weighted by Crippen LogP contribution is -2.51. The number of carbonyl (C=O) groups is 1. The molecule has 7 nitrogen and oxygen atoms in total. The standard InChI is InChI=1S/C27H33N5O2.ClH/c1-17-5-9-23(32-15-21-7-8-22(16-32)30-21)12-24(17)27(33)29-18(2)19-6-10-26(34-4)25(11-19)20-13-28-31(3)14-20;/h5-6,9-14,18,21-22,30H,7-8,15-16H2,1-4H3,(H,29,33);1H/t18-,21-,22+;/m1./s1. The molecular weight excluding hydrogens is 462 g/mol. The van der Waals surface area contributed by atoms with Gasteiger partial charge in [-0.15, -0.1) is 12.4 Å². The number of aromatic nitrogens is 2. The average Bonchev–Trinajstić information content (AvgIpc) is 3.42. The Morgan fingerprint density at radius 1 is 1.17 bits per heavy atom. The molecule has 0 spiro atoms. The summed E-state index contributed by atoms with van der Waals surface area (Å²) in [6, 6.07) is 13.2. The molecule has 2 fully saturated rings. The second-order valence-corrected chi connectivity index (χ2v) is 9.60. The van der Waals surface area contributed by atoms with Crippen molar-refractivity contribution in [3.8, 4) is 16.9 Å². The zero-order valence-corrected chi connectivity index (χ0v) is 21.6. The maximum Gasteiger partial charge on any atom is 0.252 e. The molecule has 3 aromatic rings. The predicted octanol–water partition coefficient (Wildman–Crippen LogP) is 4.26. The first-order chi connectivity index (χ1) is 16.4. The summed E-state index contributed by atoms with van der Waals surface area (Å²) in [5.74, 6) is 0.729.